The van der Waals surface area contributed by atoms with E-state index in [1.54, 1.807) is 18.9 Å². The van der Waals surface area contributed by atoms with E-state index in [9.17, 15) is 4.79 Å². The van der Waals surface area contributed by atoms with E-state index in [0.29, 0.717) is 19.2 Å². The SMILES string of the molecule is COCCNC(=O)C(C)Sc1cccc(CNC2CC2)c1. The Balaban J connectivity index is 1.80. The van der Waals surface area contributed by atoms with E-state index in [1.165, 1.54) is 18.4 Å². The van der Waals surface area contributed by atoms with Gasteiger partial charge in [-0.25, -0.2) is 0 Å². The molecule has 5 heteroatoms. The first-order valence-corrected chi connectivity index (χ1v) is 8.32. The molecule has 1 atom stereocenters. The molecule has 1 aromatic rings. The van der Waals surface area contributed by atoms with Gasteiger partial charge in [-0.2, -0.15) is 0 Å². The summed E-state index contributed by atoms with van der Waals surface area (Å²) in [6.07, 6.45) is 2.60. The van der Waals surface area contributed by atoms with Crippen molar-refractivity contribution in [1.29, 1.82) is 0 Å². The minimum Gasteiger partial charge on any atom is -0.383 e. The molecule has 1 fully saturated rings. The summed E-state index contributed by atoms with van der Waals surface area (Å²) in [5, 5.41) is 6.27. The van der Waals surface area contributed by atoms with Gasteiger partial charge in [-0.3, -0.25) is 4.79 Å². The van der Waals surface area contributed by atoms with Crippen LogP contribution < -0.4 is 10.6 Å². The molecule has 1 amide bonds. The van der Waals surface area contributed by atoms with E-state index in [2.05, 4.69) is 34.9 Å². The van der Waals surface area contributed by atoms with Gasteiger partial charge >= 0.3 is 0 Å². The van der Waals surface area contributed by atoms with E-state index < -0.39 is 0 Å². The van der Waals surface area contributed by atoms with Gasteiger partial charge in [0.25, 0.3) is 0 Å². The van der Waals surface area contributed by atoms with Gasteiger partial charge in [0.05, 0.1) is 11.9 Å². The lowest BCUT2D eigenvalue weighted by Gasteiger charge is -2.12. The van der Waals surface area contributed by atoms with Crippen molar-refractivity contribution in [3.63, 3.8) is 0 Å². The Labute approximate surface area is 131 Å². The summed E-state index contributed by atoms with van der Waals surface area (Å²) >= 11 is 1.59. The lowest BCUT2D eigenvalue weighted by Crippen LogP contribution is -2.33. The Morgan fingerprint density at radius 3 is 3.00 bits per heavy atom. The number of hydrogen-bond acceptors (Lipinski definition) is 4. The molecule has 2 rings (SSSR count). The van der Waals surface area contributed by atoms with Crippen LogP contribution >= 0.6 is 11.8 Å². The zero-order valence-corrected chi connectivity index (χ0v) is 13.5. The van der Waals surface area contributed by atoms with Crippen molar-refractivity contribution in [2.75, 3.05) is 20.3 Å². The highest BCUT2D eigenvalue weighted by atomic mass is 32.2. The van der Waals surface area contributed by atoms with Crippen molar-refractivity contribution in [2.24, 2.45) is 0 Å². The van der Waals surface area contributed by atoms with Gasteiger partial charge in [-0.1, -0.05) is 12.1 Å². The largest absolute Gasteiger partial charge is 0.383 e. The van der Waals surface area contributed by atoms with Crippen LogP contribution in [0.25, 0.3) is 0 Å². The number of ether oxygens (including phenoxy) is 1. The van der Waals surface area contributed by atoms with E-state index in [0.717, 1.165) is 11.4 Å². The second-order valence-electron chi connectivity index (χ2n) is 5.35. The summed E-state index contributed by atoms with van der Waals surface area (Å²) < 4.78 is 4.93. The Morgan fingerprint density at radius 2 is 2.29 bits per heavy atom. The van der Waals surface area contributed by atoms with Crippen molar-refractivity contribution in [3.8, 4) is 0 Å². The van der Waals surface area contributed by atoms with Crippen LogP contribution in [-0.4, -0.2) is 37.5 Å². The number of amides is 1. The number of methoxy groups -OCH3 is 1. The highest BCUT2D eigenvalue weighted by Crippen LogP contribution is 2.25. The van der Waals surface area contributed by atoms with Crippen molar-refractivity contribution in [1.82, 2.24) is 10.6 Å². The van der Waals surface area contributed by atoms with Crippen LogP contribution in [0, 0.1) is 0 Å². The molecule has 0 heterocycles. The van der Waals surface area contributed by atoms with Gasteiger partial charge in [0.15, 0.2) is 0 Å². The normalized spacial score (nSPS) is 15.7. The summed E-state index contributed by atoms with van der Waals surface area (Å²) in [6.45, 7) is 3.95. The summed E-state index contributed by atoms with van der Waals surface area (Å²) in [5.74, 6) is 0.0542. The van der Waals surface area contributed by atoms with Crippen molar-refractivity contribution >= 4 is 17.7 Å². The molecule has 0 saturated heterocycles. The molecule has 1 aromatic carbocycles. The van der Waals surface area contributed by atoms with E-state index in [1.807, 2.05) is 6.92 Å². The van der Waals surface area contributed by atoms with Crippen molar-refractivity contribution < 1.29 is 9.53 Å². The number of carbonyl (C=O) groups excluding carboxylic acids is 1. The molecule has 0 aliphatic heterocycles. The molecule has 1 aliphatic rings. The topological polar surface area (TPSA) is 50.4 Å². The van der Waals surface area contributed by atoms with Crippen molar-refractivity contribution in [2.45, 2.75) is 42.5 Å². The van der Waals surface area contributed by atoms with Gasteiger partial charge in [0.2, 0.25) is 5.91 Å². The third-order valence-corrected chi connectivity index (χ3v) is 4.45. The first-order valence-electron chi connectivity index (χ1n) is 7.44. The minimum absolute atomic E-state index is 0.0542. The second-order valence-corrected chi connectivity index (χ2v) is 6.76. The monoisotopic (exact) mass is 308 g/mol. The average molecular weight is 308 g/mol. The zero-order valence-electron chi connectivity index (χ0n) is 12.7. The van der Waals surface area contributed by atoms with Crippen LogP contribution in [0.15, 0.2) is 29.2 Å². The van der Waals surface area contributed by atoms with Crippen LogP contribution in [0.3, 0.4) is 0 Å². The predicted octanol–water partition coefficient (Wildman–Crippen LogP) is 2.18. The maximum Gasteiger partial charge on any atom is 0.233 e. The number of nitrogens with one attached hydrogen (secondary N) is 2. The van der Waals surface area contributed by atoms with Crippen LogP contribution in [-0.2, 0) is 16.1 Å². The smallest absolute Gasteiger partial charge is 0.233 e. The van der Waals surface area contributed by atoms with Crippen molar-refractivity contribution in [3.05, 3.63) is 29.8 Å². The predicted molar refractivity (Wildman–Crippen MR) is 86.5 cm³/mol. The molecule has 0 bridgehead atoms. The molecule has 0 aromatic heterocycles. The Morgan fingerprint density at radius 1 is 1.48 bits per heavy atom. The van der Waals surface area contributed by atoms with Crippen LogP contribution in [0.2, 0.25) is 0 Å². The number of benzene rings is 1. The molecule has 0 spiro atoms. The van der Waals surface area contributed by atoms with Gasteiger partial charge in [-0.15, -0.1) is 11.8 Å². The van der Waals surface area contributed by atoms with Gasteiger partial charge in [0, 0.05) is 31.1 Å². The highest BCUT2D eigenvalue weighted by Gasteiger charge is 2.20. The summed E-state index contributed by atoms with van der Waals surface area (Å²) in [4.78, 5) is 13.1. The molecule has 1 unspecified atom stereocenters. The number of carbonyl (C=O) groups is 1. The Bertz CT molecular complexity index is 463. The first kappa shape index (κ1) is 16.3. The van der Waals surface area contributed by atoms with E-state index in [4.69, 9.17) is 4.74 Å². The Kier molecular flexibility index (Phi) is 6.54. The molecule has 1 saturated carbocycles. The molecule has 0 radical (unpaired) electrons. The molecular formula is C16H24N2O2S. The first-order chi connectivity index (χ1) is 10.2. The lowest BCUT2D eigenvalue weighted by atomic mass is 10.2. The van der Waals surface area contributed by atoms with E-state index >= 15 is 0 Å². The Hall–Kier alpha value is -1.04. The molecule has 4 nitrogen and oxygen atoms in total. The highest BCUT2D eigenvalue weighted by molar-refractivity contribution is 8.00. The summed E-state index contributed by atoms with van der Waals surface area (Å²) in [5.41, 5.74) is 1.28. The maximum atomic E-state index is 11.9. The minimum atomic E-state index is -0.103. The standard InChI is InChI=1S/C16H24N2O2S/c1-12(16(19)17-8-9-20-2)21-15-5-3-4-13(10-15)11-18-14-6-7-14/h3-5,10,12,14,18H,6-9,11H2,1-2H3,(H,17,19). The summed E-state index contributed by atoms with van der Waals surface area (Å²) in [6, 6.07) is 9.13. The fraction of sp³-hybridized carbons (Fsp3) is 0.562. The van der Waals surface area contributed by atoms with Gasteiger partial charge in [0.1, 0.15) is 0 Å². The number of hydrogen-bond donors (Lipinski definition) is 2. The third-order valence-electron chi connectivity index (χ3n) is 3.36. The molecule has 2 N–H and O–H groups in total. The van der Waals surface area contributed by atoms with Crippen LogP contribution in [0.1, 0.15) is 25.3 Å². The molecule has 116 valence electrons. The third kappa shape index (κ3) is 6.08. The fourth-order valence-corrected chi connectivity index (χ4v) is 2.93. The fourth-order valence-electron chi connectivity index (χ4n) is 1.96. The lowest BCUT2D eigenvalue weighted by molar-refractivity contribution is -0.120. The van der Waals surface area contributed by atoms with Gasteiger partial charge in [-0.05, 0) is 37.5 Å². The maximum absolute atomic E-state index is 11.9. The van der Waals surface area contributed by atoms with Crippen LogP contribution in [0.5, 0.6) is 0 Å². The van der Waals surface area contributed by atoms with E-state index in [-0.39, 0.29) is 11.2 Å². The molecule has 1 aliphatic carbocycles. The van der Waals surface area contributed by atoms with Gasteiger partial charge < -0.3 is 15.4 Å². The molecular weight excluding hydrogens is 284 g/mol. The summed E-state index contributed by atoms with van der Waals surface area (Å²) in [7, 11) is 1.63. The zero-order chi connectivity index (χ0) is 15.1. The second kappa shape index (κ2) is 8.41. The van der Waals surface area contributed by atoms with Crippen LogP contribution in [0.4, 0.5) is 0 Å². The average Bonchev–Trinajstić information content (AvgIpc) is 3.30. The number of thioether (sulfide) groups is 1. The molecule has 21 heavy (non-hydrogen) atoms. The quantitative estimate of drug-likeness (QED) is 0.542. The number of rotatable bonds is 9.